The molecule has 2 fully saturated rings. The molecule has 4 heteroatoms. The predicted molar refractivity (Wildman–Crippen MR) is 59.0 cm³/mol. The van der Waals surface area contributed by atoms with Gasteiger partial charge in [-0.25, -0.2) is 0 Å². The predicted octanol–water partition coefficient (Wildman–Crippen LogP) is 1.64. The van der Waals surface area contributed by atoms with Crippen LogP contribution in [0.15, 0.2) is 0 Å². The summed E-state index contributed by atoms with van der Waals surface area (Å²) in [5.41, 5.74) is -0.194. The van der Waals surface area contributed by atoms with E-state index in [1.54, 1.807) is 0 Å². The van der Waals surface area contributed by atoms with Crippen molar-refractivity contribution in [1.29, 1.82) is 0 Å². The Bertz CT molecular complexity index is 291. The molecule has 0 unspecified atom stereocenters. The summed E-state index contributed by atoms with van der Waals surface area (Å²) in [4.78, 5) is 24.6. The molecular weight excluding hydrogens is 206 g/mol. The van der Waals surface area contributed by atoms with Crippen LogP contribution in [0.25, 0.3) is 0 Å². The molecule has 1 heterocycles. The molecule has 1 N–H and O–H groups in total. The smallest absolute Gasteiger partial charge is 0.303 e. The number of likely N-dealkylation sites (tertiary alicyclic amines) is 1. The minimum absolute atomic E-state index is 0.159. The Kier molecular flexibility index (Phi) is 3.17. The molecule has 16 heavy (non-hydrogen) atoms. The molecule has 1 aliphatic heterocycles. The number of carbonyl (C=O) groups excluding carboxylic acids is 1. The Morgan fingerprint density at radius 1 is 1.06 bits per heavy atom. The summed E-state index contributed by atoms with van der Waals surface area (Å²) in [6.07, 6.45) is 5.81. The van der Waals surface area contributed by atoms with Crippen LogP contribution >= 0.6 is 0 Å². The molecular formula is C12H19NO3. The second-order valence-electron chi connectivity index (χ2n) is 5.19. The van der Waals surface area contributed by atoms with Crippen molar-refractivity contribution in [2.24, 2.45) is 5.41 Å². The van der Waals surface area contributed by atoms with Gasteiger partial charge in [0.1, 0.15) is 0 Å². The zero-order chi connectivity index (χ0) is 11.6. The molecule has 0 aromatic rings. The number of hydrogen-bond donors (Lipinski definition) is 1. The van der Waals surface area contributed by atoms with Gasteiger partial charge in [-0.2, -0.15) is 0 Å². The third-order valence-electron chi connectivity index (χ3n) is 3.72. The van der Waals surface area contributed by atoms with E-state index < -0.39 is 5.97 Å². The van der Waals surface area contributed by atoms with Crippen molar-refractivity contribution in [3.63, 3.8) is 0 Å². The first-order valence-electron chi connectivity index (χ1n) is 6.11. The summed E-state index contributed by atoms with van der Waals surface area (Å²) in [6, 6.07) is 0. The number of amides is 1. The van der Waals surface area contributed by atoms with E-state index in [9.17, 15) is 9.59 Å². The Morgan fingerprint density at radius 2 is 1.69 bits per heavy atom. The lowest BCUT2D eigenvalue weighted by atomic mass is 9.97. The first-order valence-corrected chi connectivity index (χ1v) is 6.11. The molecule has 4 nitrogen and oxygen atoms in total. The zero-order valence-electron chi connectivity index (χ0n) is 9.57. The molecule has 2 rings (SSSR count). The van der Waals surface area contributed by atoms with Crippen molar-refractivity contribution in [2.75, 3.05) is 13.1 Å². The Hall–Kier alpha value is -1.06. The monoisotopic (exact) mass is 225 g/mol. The molecule has 1 saturated heterocycles. The van der Waals surface area contributed by atoms with Crippen LogP contribution in [0.5, 0.6) is 0 Å². The highest BCUT2D eigenvalue weighted by Gasteiger charge is 2.46. The number of nitrogens with zero attached hydrogens (tertiary/aromatic N) is 1. The Morgan fingerprint density at radius 3 is 2.19 bits per heavy atom. The number of rotatable bonds is 4. The highest BCUT2D eigenvalue weighted by atomic mass is 16.4. The summed E-state index contributed by atoms with van der Waals surface area (Å²) < 4.78 is 0. The molecule has 0 radical (unpaired) electrons. The van der Waals surface area contributed by atoms with Gasteiger partial charge < -0.3 is 10.0 Å². The van der Waals surface area contributed by atoms with Gasteiger partial charge in [-0.05, 0) is 37.5 Å². The van der Waals surface area contributed by atoms with Crippen LogP contribution in [0.3, 0.4) is 0 Å². The highest BCUT2D eigenvalue weighted by molar-refractivity contribution is 5.79. The number of hydrogen-bond acceptors (Lipinski definition) is 2. The fraction of sp³-hybridized carbons (Fsp3) is 0.833. The molecule has 90 valence electrons. The SMILES string of the molecule is O=C(O)CC1(CC(=O)N2CCCCC2)CC1. The largest absolute Gasteiger partial charge is 0.481 e. The van der Waals surface area contributed by atoms with Gasteiger partial charge in [-0.1, -0.05) is 0 Å². The van der Waals surface area contributed by atoms with Gasteiger partial charge in [0.05, 0.1) is 6.42 Å². The molecule has 0 bridgehead atoms. The summed E-state index contributed by atoms with van der Waals surface area (Å²) >= 11 is 0. The average molecular weight is 225 g/mol. The third kappa shape index (κ3) is 2.74. The Labute approximate surface area is 95.6 Å². The standard InChI is InChI=1S/C12H19NO3/c14-10(13-6-2-1-3-7-13)8-12(4-5-12)9-11(15)16/h1-9H2,(H,15,16). The maximum absolute atomic E-state index is 12.0. The maximum Gasteiger partial charge on any atom is 0.303 e. The second kappa shape index (κ2) is 4.44. The summed E-state index contributed by atoms with van der Waals surface area (Å²) in [6.45, 7) is 1.73. The molecule has 0 spiro atoms. The van der Waals surface area contributed by atoms with E-state index >= 15 is 0 Å². The minimum atomic E-state index is -0.774. The van der Waals surface area contributed by atoms with Crippen molar-refractivity contribution in [1.82, 2.24) is 4.90 Å². The summed E-state index contributed by atoms with van der Waals surface area (Å²) in [5, 5.41) is 8.79. The average Bonchev–Trinajstić information content (AvgIpc) is 2.98. The first kappa shape index (κ1) is 11.4. The van der Waals surface area contributed by atoms with E-state index in [0.717, 1.165) is 38.8 Å². The van der Waals surface area contributed by atoms with Crippen molar-refractivity contribution >= 4 is 11.9 Å². The van der Waals surface area contributed by atoms with Gasteiger partial charge in [0.2, 0.25) is 5.91 Å². The number of carbonyl (C=O) groups is 2. The molecule has 2 aliphatic rings. The number of carboxylic acids is 1. The van der Waals surface area contributed by atoms with E-state index in [4.69, 9.17) is 5.11 Å². The van der Waals surface area contributed by atoms with Crippen LogP contribution in [-0.2, 0) is 9.59 Å². The second-order valence-corrected chi connectivity index (χ2v) is 5.19. The van der Waals surface area contributed by atoms with E-state index in [1.807, 2.05) is 4.90 Å². The topological polar surface area (TPSA) is 57.6 Å². The van der Waals surface area contributed by atoms with E-state index in [1.165, 1.54) is 6.42 Å². The molecule has 0 aromatic carbocycles. The van der Waals surface area contributed by atoms with Crippen LogP contribution in [0, 0.1) is 5.41 Å². The zero-order valence-corrected chi connectivity index (χ0v) is 9.57. The lowest BCUT2D eigenvalue weighted by Crippen LogP contribution is -2.37. The maximum atomic E-state index is 12.0. The van der Waals surface area contributed by atoms with Gasteiger partial charge in [0.15, 0.2) is 0 Å². The molecule has 1 aliphatic carbocycles. The van der Waals surface area contributed by atoms with Crippen molar-refractivity contribution in [3.8, 4) is 0 Å². The van der Waals surface area contributed by atoms with Gasteiger partial charge >= 0.3 is 5.97 Å². The third-order valence-corrected chi connectivity index (χ3v) is 3.72. The van der Waals surface area contributed by atoms with Crippen LogP contribution in [0.2, 0.25) is 0 Å². The minimum Gasteiger partial charge on any atom is -0.481 e. The van der Waals surface area contributed by atoms with Crippen LogP contribution < -0.4 is 0 Å². The lowest BCUT2D eigenvalue weighted by Gasteiger charge is -2.28. The fourth-order valence-electron chi connectivity index (χ4n) is 2.49. The molecule has 1 amide bonds. The quantitative estimate of drug-likeness (QED) is 0.791. The van der Waals surface area contributed by atoms with Crippen molar-refractivity contribution in [2.45, 2.75) is 44.9 Å². The van der Waals surface area contributed by atoms with Gasteiger partial charge in [-0.15, -0.1) is 0 Å². The van der Waals surface area contributed by atoms with Crippen LogP contribution in [-0.4, -0.2) is 35.0 Å². The molecule has 1 saturated carbocycles. The van der Waals surface area contributed by atoms with Crippen LogP contribution in [0.1, 0.15) is 44.9 Å². The van der Waals surface area contributed by atoms with E-state index in [-0.39, 0.29) is 17.7 Å². The summed E-state index contributed by atoms with van der Waals surface area (Å²) in [7, 11) is 0. The molecule has 0 atom stereocenters. The Balaban J connectivity index is 1.84. The normalized spacial score (nSPS) is 22.9. The highest BCUT2D eigenvalue weighted by Crippen LogP contribution is 2.52. The summed E-state index contributed by atoms with van der Waals surface area (Å²) in [5.74, 6) is -0.609. The van der Waals surface area contributed by atoms with Gasteiger partial charge in [0.25, 0.3) is 0 Å². The van der Waals surface area contributed by atoms with Crippen molar-refractivity contribution < 1.29 is 14.7 Å². The van der Waals surface area contributed by atoms with E-state index in [2.05, 4.69) is 0 Å². The fourth-order valence-corrected chi connectivity index (χ4v) is 2.49. The van der Waals surface area contributed by atoms with Gasteiger partial charge in [-0.3, -0.25) is 9.59 Å². The van der Waals surface area contributed by atoms with E-state index in [0.29, 0.717) is 6.42 Å². The lowest BCUT2D eigenvalue weighted by molar-refractivity contribution is -0.139. The van der Waals surface area contributed by atoms with Crippen LogP contribution in [0.4, 0.5) is 0 Å². The number of carboxylic acid groups (broad SMARTS) is 1. The first-order chi connectivity index (χ1) is 7.61. The number of aliphatic carboxylic acids is 1. The number of piperidine rings is 1. The molecule has 0 aromatic heterocycles. The van der Waals surface area contributed by atoms with Crippen molar-refractivity contribution in [3.05, 3.63) is 0 Å². The van der Waals surface area contributed by atoms with Gasteiger partial charge in [0, 0.05) is 19.5 Å².